The molecule has 0 bridgehead atoms. The van der Waals surface area contributed by atoms with Crippen LogP contribution < -0.4 is 14.5 Å². The van der Waals surface area contributed by atoms with E-state index in [1.165, 1.54) is 31.5 Å². The van der Waals surface area contributed by atoms with E-state index in [0.29, 0.717) is 11.5 Å². The Labute approximate surface area is 383 Å². The topological polar surface area (TPSA) is 33.5 Å². The third-order valence-electron chi connectivity index (χ3n) is 12.1. The number of hydrogen-bond acceptors (Lipinski definition) is 5. The fourth-order valence-electron chi connectivity index (χ4n) is 8.51. The zero-order valence-electron chi connectivity index (χ0n) is 36.4. The smallest absolute Gasteiger partial charge is 0.135 e. The average molecular weight is 1010 g/mol. The summed E-state index contributed by atoms with van der Waals surface area (Å²) in [5.74, 6) is 2.10. The summed E-state index contributed by atoms with van der Waals surface area (Å²) in [6.45, 7) is 20.2. The second kappa shape index (κ2) is 15.6. The maximum atomic E-state index is 6.87. The third kappa shape index (κ3) is 7.31. The maximum absolute atomic E-state index is 6.87. The molecule has 0 amide bonds. The largest absolute Gasteiger partial charge is 0.509 e. The Morgan fingerprint density at radius 2 is 1.27 bits per heavy atom. The van der Waals surface area contributed by atoms with Gasteiger partial charge >= 0.3 is 0 Å². The van der Waals surface area contributed by atoms with Crippen molar-refractivity contribution in [3.05, 3.63) is 187 Å². The molecule has 0 unspecified atom stereocenters. The minimum absolute atomic E-state index is 0. The molecule has 7 heteroatoms. The molecule has 1 aliphatic rings. The normalized spacial score (nSPS) is 13.2. The van der Waals surface area contributed by atoms with Crippen molar-refractivity contribution in [3.63, 3.8) is 0 Å². The summed E-state index contributed by atoms with van der Waals surface area (Å²) in [6, 6.07) is 57.1. The molecule has 0 N–H and O–H groups in total. The molecule has 62 heavy (non-hydrogen) atoms. The van der Waals surface area contributed by atoms with Crippen LogP contribution in [-0.4, -0.2) is 9.55 Å². The number of nitrogens with zero attached hydrogens (tertiary/aromatic N) is 4. The van der Waals surface area contributed by atoms with Gasteiger partial charge < -0.3 is 19.1 Å². The second-order valence-electron chi connectivity index (χ2n) is 18.7. The zero-order chi connectivity index (χ0) is 42.3. The molecule has 1 aliphatic heterocycles. The molecule has 3 aromatic heterocycles. The van der Waals surface area contributed by atoms with Crippen molar-refractivity contribution in [1.82, 2.24) is 9.55 Å². The van der Waals surface area contributed by atoms with Gasteiger partial charge in [-0.1, -0.05) is 139 Å². The molecule has 0 radical (unpaired) electrons. The number of ether oxygens (including phenoxy) is 1. The Bertz CT molecular complexity index is 3110. The number of fused-ring (bicyclic) bond motifs is 6. The Kier molecular flexibility index (Phi) is 10.5. The predicted octanol–water partition coefficient (Wildman–Crippen LogP) is 15.1. The predicted molar refractivity (Wildman–Crippen MR) is 256 cm³/mol. The van der Waals surface area contributed by atoms with Crippen LogP contribution in [0.4, 0.5) is 22.7 Å². The fourth-order valence-corrected chi connectivity index (χ4v) is 9.72. The van der Waals surface area contributed by atoms with Crippen molar-refractivity contribution in [3.8, 4) is 17.3 Å². The molecule has 10 rings (SSSR count). The van der Waals surface area contributed by atoms with E-state index in [1.807, 2.05) is 23.6 Å². The molecule has 0 saturated heterocycles. The van der Waals surface area contributed by atoms with Gasteiger partial charge in [-0.15, -0.1) is 59.6 Å². The molecule has 0 aliphatic carbocycles. The van der Waals surface area contributed by atoms with Gasteiger partial charge in [-0.05, 0) is 70.0 Å². The Hall–Kier alpha value is -5.68. The van der Waals surface area contributed by atoms with Gasteiger partial charge in [-0.2, -0.15) is 6.07 Å². The van der Waals surface area contributed by atoms with Crippen LogP contribution in [0.5, 0.6) is 11.5 Å². The van der Waals surface area contributed by atoms with Crippen molar-refractivity contribution >= 4 is 65.3 Å². The zero-order valence-corrected chi connectivity index (χ0v) is 39.4. The number of benzene rings is 6. The van der Waals surface area contributed by atoms with Gasteiger partial charge in [0.05, 0.1) is 5.52 Å². The molecule has 0 atom stereocenters. The Balaban J connectivity index is 0.00000490. The van der Waals surface area contributed by atoms with Crippen LogP contribution in [0.3, 0.4) is 0 Å². The number of para-hydroxylation sites is 2. The SMILES string of the molecule is CC(C)(C)c1cc(Oc2[c-]c3c(cc2)c2sc4ccccc4c2n3-c2cc(C(C)(C)c3ccccc3)ccn2)[c-]c(N2[CH-]N(c3cccc(C(C)(C)C)c3)c3ccccc32)c1.[Pt]. The van der Waals surface area contributed by atoms with Crippen molar-refractivity contribution < 1.29 is 25.8 Å². The van der Waals surface area contributed by atoms with E-state index in [1.54, 1.807) is 0 Å². The molecule has 0 fully saturated rings. The number of aromatic nitrogens is 2. The van der Waals surface area contributed by atoms with Crippen molar-refractivity contribution in [1.29, 1.82) is 0 Å². The van der Waals surface area contributed by atoms with Crippen molar-refractivity contribution in [2.75, 3.05) is 9.80 Å². The van der Waals surface area contributed by atoms with Gasteiger partial charge in [0.1, 0.15) is 5.82 Å². The molecule has 314 valence electrons. The number of rotatable bonds is 7. The quantitative estimate of drug-likeness (QED) is 0.149. The number of pyridine rings is 1. The van der Waals surface area contributed by atoms with Crippen LogP contribution >= 0.6 is 11.3 Å². The second-order valence-corrected chi connectivity index (χ2v) is 19.8. The molecule has 5 nitrogen and oxygen atoms in total. The minimum atomic E-state index is -0.234. The van der Waals surface area contributed by atoms with Gasteiger partial charge in [0.25, 0.3) is 0 Å². The molecular formula is C55H49N4OPtS-3. The first-order chi connectivity index (χ1) is 29.2. The van der Waals surface area contributed by atoms with Gasteiger partial charge in [0, 0.05) is 76.0 Å². The minimum Gasteiger partial charge on any atom is -0.509 e. The van der Waals surface area contributed by atoms with Crippen LogP contribution in [-0.2, 0) is 37.3 Å². The van der Waals surface area contributed by atoms with Gasteiger partial charge in [0.2, 0.25) is 0 Å². The molecule has 0 spiro atoms. The van der Waals surface area contributed by atoms with E-state index < -0.39 is 0 Å². The standard InChI is InChI=1S/C55H49N4OS.Pt/c1-53(2,3)37-19-16-20-40(29-37)57-35-58(47-23-14-13-22-46(47)57)41-30-39(54(4,5)6)31-43(33-41)60-42-25-26-44-48(34-42)59(51-45-21-12-15-24-49(45)61-52(44)51)50-32-38(27-28-56-50)55(7,8)36-17-10-9-11-18-36;/h9-32,35H,1-8H3;/q-3;. The summed E-state index contributed by atoms with van der Waals surface area (Å²) in [7, 11) is 0. The van der Waals surface area contributed by atoms with Crippen LogP contribution in [0.1, 0.15) is 77.6 Å². The monoisotopic (exact) mass is 1010 g/mol. The first-order valence-electron chi connectivity index (χ1n) is 21.0. The summed E-state index contributed by atoms with van der Waals surface area (Å²) >= 11 is 1.81. The van der Waals surface area contributed by atoms with E-state index in [2.05, 4.69) is 222 Å². The number of thiophene rings is 1. The molecule has 6 aromatic carbocycles. The summed E-state index contributed by atoms with van der Waals surface area (Å²) in [5, 5.41) is 2.31. The maximum Gasteiger partial charge on any atom is 0.135 e. The van der Waals surface area contributed by atoms with Gasteiger partial charge in [0.15, 0.2) is 0 Å². The van der Waals surface area contributed by atoms with Crippen molar-refractivity contribution in [2.45, 2.75) is 71.6 Å². The summed E-state index contributed by atoms with van der Waals surface area (Å²) in [5.41, 5.74) is 10.8. The molecule has 4 heterocycles. The third-order valence-corrected chi connectivity index (χ3v) is 13.3. The molecule has 0 saturated carbocycles. The van der Waals surface area contributed by atoms with E-state index in [4.69, 9.17) is 9.72 Å². The van der Waals surface area contributed by atoms with Crippen molar-refractivity contribution in [2.24, 2.45) is 0 Å². The Morgan fingerprint density at radius 1 is 0.581 bits per heavy atom. The molecule has 9 aromatic rings. The first-order valence-corrected chi connectivity index (χ1v) is 21.8. The van der Waals surface area contributed by atoms with Gasteiger partial charge in [-0.25, -0.2) is 4.98 Å². The summed E-state index contributed by atoms with van der Waals surface area (Å²) in [4.78, 5) is 9.54. The van der Waals surface area contributed by atoms with Gasteiger partial charge in [-0.3, -0.25) is 0 Å². The van der Waals surface area contributed by atoms with E-state index in [9.17, 15) is 0 Å². The fraction of sp³-hybridized carbons (Fsp3) is 0.200. The van der Waals surface area contributed by atoms with E-state index in [0.717, 1.165) is 50.6 Å². The first kappa shape index (κ1) is 41.7. The summed E-state index contributed by atoms with van der Waals surface area (Å²) < 4.78 is 11.6. The van der Waals surface area contributed by atoms with Crippen LogP contribution in [0, 0.1) is 18.8 Å². The van der Waals surface area contributed by atoms with E-state index in [-0.39, 0.29) is 37.3 Å². The van der Waals surface area contributed by atoms with E-state index >= 15 is 0 Å². The number of hydrogen-bond donors (Lipinski definition) is 0. The van der Waals surface area contributed by atoms with Crippen LogP contribution in [0.15, 0.2) is 146 Å². The van der Waals surface area contributed by atoms with Crippen LogP contribution in [0.2, 0.25) is 0 Å². The number of anilines is 4. The Morgan fingerprint density at radius 3 is 2.03 bits per heavy atom. The average Bonchev–Trinajstić information content (AvgIpc) is 3.92. The summed E-state index contributed by atoms with van der Waals surface area (Å²) in [6.07, 6.45) is 1.94. The molecular weight excluding hydrogens is 960 g/mol. The van der Waals surface area contributed by atoms with Crippen LogP contribution in [0.25, 0.3) is 37.0 Å².